The molecule has 1 aromatic rings. The molecule has 0 fully saturated rings. The number of rotatable bonds is 6. The molecule has 0 aromatic heterocycles. The van der Waals surface area contributed by atoms with Crippen LogP contribution in [-0.2, 0) is 4.79 Å². The lowest BCUT2D eigenvalue weighted by Crippen LogP contribution is -2.55. The molecule has 1 aromatic carbocycles. The van der Waals surface area contributed by atoms with E-state index in [4.69, 9.17) is 21.6 Å². The number of carbonyl (C=O) groups excluding carboxylic acids is 2. The van der Waals surface area contributed by atoms with Gasteiger partial charge in [0.25, 0.3) is 14.1 Å². The topological polar surface area (TPSA) is 108 Å². The summed E-state index contributed by atoms with van der Waals surface area (Å²) < 4.78 is 6.24. The van der Waals surface area contributed by atoms with Crippen LogP contribution in [0.1, 0.15) is 53.1 Å². The molecule has 0 aliphatic rings. The number of nitrogens with zero attached hydrogens (tertiary/aromatic N) is 2. The Labute approximate surface area is 178 Å². The summed E-state index contributed by atoms with van der Waals surface area (Å²) in [5, 5.41) is 12.1. The van der Waals surface area contributed by atoms with Crippen molar-refractivity contribution in [3.8, 4) is 5.75 Å². The van der Waals surface area contributed by atoms with Gasteiger partial charge in [-0.1, -0.05) is 38.4 Å². The highest BCUT2D eigenvalue weighted by Crippen LogP contribution is 2.40. The molecule has 29 heavy (non-hydrogen) atoms. The molecular formula is C20H30ClN3O4Si. The summed E-state index contributed by atoms with van der Waals surface area (Å²) in [5.74, 6) is -0.175. The van der Waals surface area contributed by atoms with Crippen LogP contribution in [0.3, 0.4) is 0 Å². The van der Waals surface area contributed by atoms with Crippen molar-refractivity contribution in [2.75, 3.05) is 0 Å². The average Bonchev–Trinajstić information content (AvgIpc) is 2.51. The van der Waals surface area contributed by atoms with Gasteiger partial charge in [-0.3, -0.25) is 4.79 Å². The van der Waals surface area contributed by atoms with Crippen LogP contribution in [-0.4, -0.2) is 41.6 Å². The highest BCUT2D eigenvalue weighted by molar-refractivity contribution is 6.74. The van der Waals surface area contributed by atoms with E-state index in [1.165, 1.54) is 6.07 Å². The van der Waals surface area contributed by atoms with Gasteiger partial charge in [-0.25, -0.2) is 0 Å². The summed E-state index contributed by atoms with van der Waals surface area (Å²) in [4.78, 5) is 28.4. The molecule has 1 atom stereocenters. The predicted molar refractivity (Wildman–Crippen MR) is 113 cm³/mol. The van der Waals surface area contributed by atoms with E-state index in [2.05, 4.69) is 38.7 Å². The fourth-order valence-electron chi connectivity index (χ4n) is 2.54. The van der Waals surface area contributed by atoms with Crippen LogP contribution in [0.25, 0.3) is 0 Å². The molecule has 160 valence electrons. The van der Waals surface area contributed by atoms with Crippen LogP contribution in [0.2, 0.25) is 23.2 Å². The Morgan fingerprint density at radius 2 is 1.79 bits per heavy atom. The molecule has 0 saturated heterocycles. The monoisotopic (exact) mass is 439 g/mol. The SMILES string of the molecule is CC(C)(C)N(C(=O)[O-])C(C(=O)C=[N+]=N)c1ccc(O[Si](C)(C)C(C)(C)C)c(Cl)c1. The van der Waals surface area contributed by atoms with Gasteiger partial charge in [0.15, 0.2) is 0 Å². The number of nitrogens with one attached hydrogen (secondary N) is 1. The lowest BCUT2D eigenvalue weighted by atomic mass is 9.95. The maximum atomic E-state index is 12.6. The molecule has 0 bridgehead atoms. The smallest absolute Gasteiger partial charge is 0.375 e. The molecule has 1 unspecified atom stereocenters. The van der Waals surface area contributed by atoms with Crippen LogP contribution in [0.4, 0.5) is 4.79 Å². The van der Waals surface area contributed by atoms with E-state index in [1.54, 1.807) is 32.9 Å². The van der Waals surface area contributed by atoms with Crippen LogP contribution >= 0.6 is 11.6 Å². The van der Waals surface area contributed by atoms with E-state index in [0.717, 1.165) is 11.1 Å². The van der Waals surface area contributed by atoms with E-state index in [0.29, 0.717) is 11.3 Å². The highest BCUT2D eigenvalue weighted by Gasteiger charge is 2.40. The van der Waals surface area contributed by atoms with Crippen LogP contribution < -0.4 is 9.53 Å². The van der Waals surface area contributed by atoms with Gasteiger partial charge in [-0.2, -0.15) is 0 Å². The molecule has 0 heterocycles. The first-order valence-corrected chi connectivity index (χ1v) is 12.5. The Morgan fingerprint density at radius 3 is 2.17 bits per heavy atom. The van der Waals surface area contributed by atoms with E-state index in [1.807, 2.05) is 0 Å². The summed E-state index contributed by atoms with van der Waals surface area (Å²) in [6, 6.07) is 3.53. The first kappa shape index (κ1) is 24.9. The minimum Gasteiger partial charge on any atom is -0.543 e. The normalized spacial score (nSPS) is 13.3. The summed E-state index contributed by atoms with van der Waals surface area (Å²) in [5.41, 5.74) is 6.37. The Kier molecular flexibility index (Phi) is 7.46. The second kappa shape index (κ2) is 8.69. The van der Waals surface area contributed by atoms with Crippen molar-refractivity contribution >= 4 is 38.0 Å². The minimum absolute atomic E-state index is 0.0316. The van der Waals surface area contributed by atoms with Crippen molar-refractivity contribution < 1.29 is 23.9 Å². The van der Waals surface area contributed by atoms with Gasteiger partial charge in [-0.05, 0) is 56.6 Å². The van der Waals surface area contributed by atoms with Gasteiger partial charge in [0.2, 0.25) is 0 Å². The quantitative estimate of drug-likeness (QED) is 0.311. The zero-order valence-electron chi connectivity index (χ0n) is 18.3. The van der Waals surface area contributed by atoms with Gasteiger partial charge in [0.05, 0.1) is 15.3 Å². The standard InChI is InChI=1S/C20H30ClN3O4Si/c1-19(2,3)24(18(26)27)17(15(25)12-23-22)13-9-10-16(14(21)11-13)28-29(7,8)20(4,5)6/h9-12,17,22H,1-8H3. The zero-order chi connectivity index (χ0) is 22.8. The minimum atomic E-state index is -2.14. The summed E-state index contributed by atoms with van der Waals surface area (Å²) in [7, 11) is -2.14. The van der Waals surface area contributed by atoms with Gasteiger partial charge in [0, 0.05) is 5.54 Å². The zero-order valence-corrected chi connectivity index (χ0v) is 20.0. The Balaban J connectivity index is 3.49. The molecule has 1 rings (SSSR count). The maximum absolute atomic E-state index is 12.6. The largest absolute Gasteiger partial charge is 0.543 e. The lowest BCUT2D eigenvalue weighted by molar-refractivity contribution is -0.273. The second-order valence-corrected chi connectivity index (χ2v) is 14.6. The Bertz CT molecular complexity index is 837. The molecule has 0 spiro atoms. The third-order valence-corrected chi connectivity index (χ3v) is 9.72. The summed E-state index contributed by atoms with van der Waals surface area (Å²) >= 11 is 6.44. The van der Waals surface area contributed by atoms with Crippen molar-refractivity contribution in [3.63, 3.8) is 0 Å². The molecule has 0 aliphatic carbocycles. The Hall–Kier alpha value is -2.15. The van der Waals surface area contributed by atoms with Crippen LogP contribution in [0.15, 0.2) is 18.2 Å². The van der Waals surface area contributed by atoms with Crippen molar-refractivity contribution in [1.82, 2.24) is 4.90 Å². The fraction of sp³-hybridized carbons (Fsp3) is 0.550. The molecule has 1 N–H and O–H groups in total. The highest BCUT2D eigenvalue weighted by atomic mass is 35.5. The number of benzene rings is 1. The van der Waals surface area contributed by atoms with Crippen LogP contribution in [0, 0.1) is 5.53 Å². The number of hydrogen-bond donors (Lipinski definition) is 1. The third-order valence-electron chi connectivity index (χ3n) is 5.08. The number of amides is 1. The average molecular weight is 440 g/mol. The maximum Gasteiger partial charge on any atom is 0.375 e. The second-order valence-electron chi connectivity index (χ2n) is 9.42. The molecule has 1 amide bonds. The van der Waals surface area contributed by atoms with E-state index >= 15 is 0 Å². The van der Waals surface area contributed by atoms with Crippen molar-refractivity contribution in [2.24, 2.45) is 0 Å². The van der Waals surface area contributed by atoms with E-state index in [9.17, 15) is 14.7 Å². The van der Waals surface area contributed by atoms with Crippen molar-refractivity contribution in [3.05, 3.63) is 28.8 Å². The number of carbonyl (C=O) groups is 2. The molecule has 0 aliphatic heterocycles. The van der Waals surface area contributed by atoms with Crippen LogP contribution in [0.5, 0.6) is 5.75 Å². The summed E-state index contributed by atoms with van der Waals surface area (Å²) in [6.07, 6.45) is -0.729. The molecule has 0 radical (unpaired) electrons. The lowest BCUT2D eigenvalue weighted by Gasteiger charge is -2.42. The molecule has 0 saturated carbocycles. The van der Waals surface area contributed by atoms with Crippen molar-refractivity contribution in [2.45, 2.75) is 71.3 Å². The fourth-order valence-corrected chi connectivity index (χ4v) is 3.87. The number of hydrogen-bond acceptors (Lipinski definition) is 5. The first-order valence-electron chi connectivity index (χ1n) is 9.25. The van der Waals surface area contributed by atoms with Gasteiger partial charge >= 0.3 is 6.21 Å². The number of ketones is 1. The number of Topliss-reactive ketones (excluding diaryl/α,β-unsaturated/α-hetero) is 1. The number of halogens is 1. The predicted octanol–water partition coefficient (Wildman–Crippen LogP) is 4.09. The molecule has 9 heteroatoms. The van der Waals surface area contributed by atoms with Gasteiger partial charge < -0.3 is 19.2 Å². The molecule has 7 nitrogen and oxygen atoms in total. The van der Waals surface area contributed by atoms with Gasteiger partial charge in [-0.15, -0.1) is 0 Å². The summed E-state index contributed by atoms with van der Waals surface area (Å²) in [6.45, 7) is 15.5. The number of carboxylic acid groups (broad SMARTS) is 1. The van der Waals surface area contributed by atoms with Gasteiger partial charge in [0.1, 0.15) is 17.9 Å². The van der Waals surface area contributed by atoms with E-state index in [-0.39, 0.29) is 10.1 Å². The van der Waals surface area contributed by atoms with E-state index < -0.39 is 31.8 Å². The molecular weight excluding hydrogens is 410 g/mol. The first-order chi connectivity index (χ1) is 13.0. The van der Waals surface area contributed by atoms with Crippen molar-refractivity contribution in [1.29, 1.82) is 5.53 Å². The third kappa shape index (κ3) is 5.92. The Morgan fingerprint density at radius 1 is 1.24 bits per heavy atom.